The van der Waals surface area contributed by atoms with Gasteiger partial charge >= 0.3 is 5.69 Å². The van der Waals surface area contributed by atoms with Crippen molar-refractivity contribution >= 4 is 0 Å². The molecule has 1 fully saturated rings. The van der Waals surface area contributed by atoms with E-state index in [1.54, 1.807) is 0 Å². The van der Waals surface area contributed by atoms with Crippen molar-refractivity contribution in [3.8, 4) is 5.88 Å². The molecule has 1 saturated carbocycles. The molecular weight excluding hydrogens is 387 g/mol. The van der Waals surface area contributed by atoms with E-state index in [9.17, 15) is 18.0 Å². The fraction of sp³-hybridized carbons (Fsp3) is 0.368. The number of benzene rings is 1. The molecule has 5 rings (SSSR count). The molecule has 0 radical (unpaired) electrons. The highest BCUT2D eigenvalue weighted by Crippen LogP contribution is 2.36. The average Bonchev–Trinajstić information content (AvgIpc) is 3.19. The lowest BCUT2D eigenvalue weighted by atomic mass is 9.89. The van der Waals surface area contributed by atoms with E-state index >= 15 is 0 Å². The zero-order chi connectivity index (χ0) is 20.1. The zero-order valence-electron chi connectivity index (χ0n) is 15.1. The van der Waals surface area contributed by atoms with Crippen LogP contribution in [0.3, 0.4) is 0 Å². The molecule has 10 heteroatoms. The molecule has 3 heterocycles. The summed E-state index contributed by atoms with van der Waals surface area (Å²) in [4.78, 5) is 20.2. The standard InChI is InChI=1S/C19H16F3N5O2/c20-11-3-10(4-12(21)5-11)16-1-2-17-25-27(19(28)26(16)17)13-6-14(7-13)29-18-15(22)8-23-9-24-18/h3-5,8-9,13-14,16H,1-2,6-7H2/t13?,14?,16-/m0/s1. The van der Waals surface area contributed by atoms with E-state index in [0.717, 1.165) is 12.3 Å². The van der Waals surface area contributed by atoms with Crippen LogP contribution in [0.4, 0.5) is 13.2 Å². The summed E-state index contributed by atoms with van der Waals surface area (Å²) < 4.78 is 49.2. The number of fused-ring (bicyclic) bond motifs is 1. The topological polar surface area (TPSA) is 74.8 Å². The number of aromatic nitrogens is 5. The van der Waals surface area contributed by atoms with Gasteiger partial charge in [0.1, 0.15) is 29.9 Å². The normalized spacial score (nSPS) is 22.9. The predicted octanol–water partition coefficient (Wildman–Crippen LogP) is 2.57. The summed E-state index contributed by atoms with van der Waals surface area (Å²) in [6, 6.07) is 2.67. The quantitative estimate of drug-likeness (QED) is 0.669. The molecule has 1 aliphatic heterocycles. The highest BCUT2D eigenvalue weighted by molar-refractivity contribution is 5.25. The highest BCUT2D eigenvalue weighted by atomic mass is 19.1. The van der Waals surface area contributed by atoms with Gasteiger partial charge in [-0.05, 0) is 24.1 Å². The van der Waals surface area contributed by atoms with Gasteiger partial charge in [-0.2, -0.15) is 14.5 Å². The Morgan fingerprint density at radius 3 is 2.59 bits per heavy atom. The SMILES string of the molecule is O=c1n(C2CC(Oc3ncncc3F)C2)nc2n1[C@H](c1cc(F)cc(F)c1)CC2. The Labute approximate surface area is 162 Å². The van der Waals surface area contributed by atoms with E-state index in [4.69, 9.17) is 4.74 Å². The van der Waals surface area contributed by atoms with Gasteiger partial charge in [-0.1, -0.05) is 0 Å². The van der Waals surface area contributed by atoms with Crippen LogP contribution in [0.15, 0.2) is 35.5 Å². The molecular formula is C19H16F3N5O2. The summed E-state index contributed by atoms with van der Waals surface area (Å²) in [6.07, 6.45) is 4.03. The molecule has 7 nitrogen and oxygen atoms in total. The third-order valence-electron chi connectivity index (χ3n) is 5.45. The van der Waals surface area contributed by atoms with E-state index in [0.29, 0.717) is 37.1 Å². The number of hydrogen-bond donors (Lipinski definition) is 0. The van der Waals surface area contributed by atoms with Crippen LogP contribution in [0, 0.1) is 17.5 Å². The number of hydrogen-bond acceptors (Lipinski definition) is 5. The summed E-state index contributed by atoms with van der Waals surface area (Å²) >= 11 is 0. The Bertz CT molecular complexity index is 1120. The molecule has 0 unspecified atom stereocenters. The van der Waals surface area contributed by atoms with Crippen LogP contribution in [0.25, 0.3) is 0 Å². The van der Waals surface area contributed by atoms with Crippen molar-refractivity contribution in [2.24, 2.45) is 0 Å². The summed E-state index contributed by atoms with van der Waals surface area (Å²) in [7, 11) is 0. The van der Waals surface area contributed by atoms with Crippen LogP contribution in [-0.4, -0.2) is 30.4 Å². The minimum Gasteiger partial charge on any atom is -0.472 e. The van der Waals surface area contributed by atoms with Gasteiger partial charge in [-0.3, -0.25) is 4.57 Å². The summed E-state index contributed by atoms with van der Waals surface area (Å²) in [5.74, 6) is -1.51. The lowest BCUT2D eigenvalue weighted by molar-refractivity contribution is 0.0546. The fourth-order valence-corrected chi connectivity index (χ4v) is 4.02. The van der Waals surface area contributed by atoms with Gasteiger partial charge in [-0.15, -0.1) is 0 Å². The molecule has 0 N–H and O–H groups in total. The van der Waals surface area contributed by atoms with Crippen LogP contribution < -0.4 is 10.4 Å². The minimum atomic E-state index is -0.676. The van der Waals surface area contributed by atoms with Crippen LogP contribution in [0.2, 0.25) is 0 Å². The van der Waals surface area contributed by atoms with Gasteiger partial charge in [-0.25, -0.2) is 23.2 Å². The smallest absolute Gasteiger partial charge is 0.346 e. The van der Waals surface area contributed by atoms with Gasteiger partial charge in [0.2, 0.25) is 5.82 Å². The van der Waals surface area contributed by atoms with Crippen molar-refractivity contribution in [1.82, 2.24) is 24.3 Å². The predicted molar refractivity (Wildman–Crippen MR) is 94.0 cm³/mol. The maximum Gasteiger partial charge on any atom is 0.346 e. The molecule has 2 aromatic heterocycles. The lowest BCUT2D eigenvalue weighted by Gasteiger charge is -2.34. The molecule has 1 aromatic carbocycles. The van der Waals surface area contributed by atoms with Crippen molar-refractivity contribution < 1.29 is 17.9 Å². The molecule has 0 saturated heterocycles. The van der Waals surface area contributed by atoms with E-state index in [-0.39, 0.29) is 23.7 Å². The number of ether oxygens (including phenoxy) is 1. The van der Waals surface area contributed by atoms with Crippen LogP contribution in [0.1, 0.15) is 42.7 Å². The summed E-state index contributed by atoms with van der Waals surface area (Å²) in [5, 5.41) is 4.42. The molecule has 0 bridgehead atoms. The summed E-state index contributed by atoms with van der Waals surface area (Å²) in [6.45, 7) is 0. The Kier molecular flexibility index (Phi) is 4.14. The second kappa shape index (κ2) is 6.71. The van der Waals surface area contributed by atoms with Crippen molar-refractivity contribution in [3.63, 3.8) is 0 Å². The molecule has 29 heavy (non-hydrogen) atoms. The van der Waals surface area contributed by atoms with E-state index in [1.807, 2.05) is 0 Å². The average molecular weight is 403 g/mol. The fourth-order valence-electron chi connectivity index (χ4n) is 4.02. The third kappa shape index (κ3) is 3.08. The molecule has 0 amide bonds. The molecule has 1 atom stereocenters. The molecule has 0 spiro atoms. The van der Waals surface area contributed by atoms with E-state index in [1.165, 1.54) is 27.7 Å². The number of nitrogens with zero attached hydrogens (tertiary/aromatic N) is 5. The van der Waals surface area contributed by atoms with Crippen molar-refractivity contribution in [3.05, 3.63) is 70.0 Å². The zero-order valence-corrected chi connectivity index (χ0v) is 15.1. The van der Waals surface area contributed by atoms with Crippen molar-refractivity contribution in [1.29, 1.82) is 0 Å². The van der Waals surface area contributed by atoms with E-state index in [2.05, 4.69) is 15.1 Å². The Hall–Kier alpha value is -3.17. The largest absolute Gasteiger partial charge is 0.472 e. The second-order valence-corrected chi connectivity index (χ2v) is 7.31. The van der Waals surface area contributed by atoms with Crippen LogP contribution >= 0.6 is 0 Å². The van der Waals surface area contributed by atoms with Gasteiger partial charge in [0.25, 0.3) is 5.88 Å². The molecule has 150 valence electrons. The van der Waals surface area contributed by atoms with Gasteiger partial charge < -0.3 is 4.74 Å². The first kappa shape index (κ1) is 17.9. The van der Waals surface area contributed by atoms with Crippen molar-refractivity contribution in [2.45, 2.75) is 43.9 Å². The maximum atomic E-state index is 13.6. The Morgan fingerprint density at radius 1 is 1.10 bits per heavy atom. The summed E-state index contributed by atoms with van der Waals surface area (Å²) in [5.41, 5.74) is 0.0980. The lowest BCUT2D eigenvalue weighted by Crippen LogP contribution is -2.41. The number of halogens is 3. The maximum absolute atomic E-state index is 13.6. The van der Waals surface area contributed by atoms with Crippen molar-refractivity contribution in [2.75, 3.05) is 0 Å². The minimum absolute atomic E-state index is 0.115. The van der Waals surface area contributed by atoms with Crippen LogP contribution in [0.5, 0.6) is 5.88 Å². The van der Waals surface area contributed by atoms with Gasteiger partial charge in [0.15, 0.2) is 0 Å². The monoisotopic (exact) mass is 403 g/mol. The number of rotatable bonds is 4. The molecule has 3 aromatic rings. The second-order valence-electron chi connectivity index (χ2n) is 7.31. The van der Waals surface area contributed by atoms with Crippen LogP contribution in [-0.2, 0) is 6.42 Å². The van der Waals surface area contributed by atoms with E-state index < -0.39 is 23.5 Å². The first-order valence-electron chi connectivity index (χ1n) is 9.27. The number of aryl methyl sites for hydroxylation is 1. The molecule has 2 aliphatic rings. The Balaban J connectivity index is 1.34. The van der Waals surface area contributed by atoms with Gasteiger partial charge in [0.05, 0.1) is 18.3 Å². The van der Waals surface area contributed by atoms with Gasteiger partial charge in [0, 0.05) is 25.3 Å². The third-order valence-corrected chi connectivity index (χ3v) is 5.45. The highest BCUT2D eigenvalue weighted by Gasteiger charge is 2.38. The molecule has 1 aliphatic carbocycles. The Morgan fingerprint density at radius 2 is 1.86 bits per heavy atom. The first-order chi connectivity index (χ1) is 14.0. The first-order valence-corrected chi connectivity index (χ1v) is 9.27.